The summed E-state index contributed by atoms with van der Waals surface area (Å²) in [4.78, 5) is 11.2. The third-order valence-corrected chi connectivity index (χ3v) is 5.25. The van der Waals surface area contributed by atoms with Crippen LogP contribution in [0.1, 0.15) is 36.8 Å². The van der Waals surface area contributed by atoms with E-state index in [1.54, 1.807) is 0 Å². The number of benzene rings is 1. The molecule has 2 unspecified atom stereocenters. The van der Waals surface area contributed by atoms with Gasteiger partial charge in [0.1, 0.15) is 5.54 Å². The maximum atomic E-state index is 11.2. The number of aliphatic carboxylic acids is 1. The predicted octanol–water partition coefficient (Wildman–Crippen LogP) is 2.95. The molecule has 0 aromatic heterocycles. The predicted molar refractivity (Wildman–Crippen MR) is 79.3 cm³/mol. The zero-order chi connectivity index (χ0) is 13.9. The molecule has 19 heavy (non-hydrogen) atoms. The summed E-state index contributed by atoms with van der Waals surface area (Å²) in [7, 11) is 0. The minimum Gasteiger partial charge on any atom is -0.480 e. The van der Waals surface area contributed by atoms with Gasteiger partial charge in [0.25, 0.3) is 0 Å². The van der Waals surface area contributed by atoms with Crippen molar-refractivity contribution in [2.45, 2.75) is 49.1 Å². The topological polar surface area (TPSA) is 63.3 Å². The first-order chi connectivity index (χ1) is 9.01. The van der Waals surface area contributed by atoms with Gasteiger partial charge < -0.3 is 10.8 Å². The normalized spacial score (nSPS) is 27.2. The summed E-state index contributed by atoms with van der Waals surface area (Å²) in [6.45, 7) is 2.11. The maximum absolute atomic E-state index is 11.2. The number of hydrogen-bond donors (Lipinski definition) is 2. The third-order valence-electron chi connectivity index (χ3n) is 3.90. The molecular formula is C15H21NO2S. The number of rotatable bonds is 4. The highest BCUT2D eigenvalue weighted by Crippen LogP contribution is 2.35. The van der Waals surface area contributed by atoms with Crippen molar-refractivity contribution < 1.29 is 9.90 Å². The van der Waals surface area contributed by atoms with Crippen LogP contribution in [0.2, 0.25) is 0 Å². The fourth-order valence-corrected chi connectivity index (χ4v) is 4.06. The van der Waals surface area contributed by atoms with Gasteiger partial charge >= 0.3 is 5.97 Å². The number of carbonyl (C=O) groups is 1. The molecule has 0 aliphatic heterocycles. The van der Waals surface area contributed by atoms with E-state index >= 15 is 0 Å². The lowest BCUT2D eigenvalue weighted by molar-refractivity contribution is -0.144. The maximum Gasteiger partial charge on any atom is 0.323 e. The molecule has 0 bridgehead atoms. The Labute approximate surface area is 118 Å². The second kappa shape index (κ2) is 5.97. The molecule has 0 spiro atoms. The monoisotopic (exact) mass is 279 g/mol. The number of hydrogen-bond acceptors (Lipinski definition) is 3. The van der Waals surface area contributed by atoms with Crippen molar-refractivity contribution in [1.29, 1.82) is 0 Å². The molecular weight excluding hydrogens is 258 g/mol. The number of carboxylic acid groups (broad SMARTS) is 1. The van der Waals surface area contributed by atoms with E-state index in [4.69, 9.17) is 5.73 Å². The standard InChI is InChI=1S/C15H21NO2S/c1-11-5-2-3-6-12(11)10-19-13-7-4-8-15(16,9-13)14(17)18/h2-3,5-6,13H,4,7-10,16H2,1H3,(H,17,18). The molecule has 0 radical (unpaired) electrons. The van der Waals surface area contributed by atoms with E-state index in [0.717, 1.165) is 18.6 Å². The number of carboxylic acids is 1. The summed E-state index contributed by atoms with van der Waals surface area (Å²) in [6.07, 6.45) is 3.17. The Hall–Kier alpha value is -1.00. The van der Waals surface area contributed by atoms with Crippen LogP contribution in [0.25, 0.3) is 0 Å². The minimum atomic E-state index is -1.01. The molecule has 3 N–H and O–H groups in total. The number of aryl methyl sites for hydroxylation is 1. The van der Waals surface area contributed by atoms with Crippen LogP contribution in [0.3, 0.4) is 0 Å². The zero-order valence-corrected chi connectivity index (χ0v) is 12.1. The first-order valence-corrected chi connectivity index (χ1v) is 7.74. The van der Waals surface area contributed by atoms with Gasteiger partial charge in [-0.1, -0.05) is 24.3 Å². The molecule has 3 nitrogen and oxygen atoms in total. The van der Waals surface area contributed by atoms with Crippen molar-refractivity contribution in [1.82, 2.24) is 0 Å². The molecule has 0 heterocycles. The van der Waals surface area contributed by atoms with E-state index in [-0.39, 0.29) is 0 Å². The lowest BCUT2D eigenvalue weighted by Crippen LogP contribution is -2.51. The molecule has 1 fully saturated rings. The van der Waals surface area contributed by atoms with Gasteiger partial charge in [0.15, 0.2) is 0 Å². The van der Waals surface area contributed by atoms with Crippen molar-refractivity contribution in [3.05, 3.63) is 35.4 Å². The van der Waals surface area contributed by atoms with Gasteiger partial charge in [-0.05, 0) is 43.7 Å². The fraction of sp³-hybridized carbons (Fsp3) is 0.533. The molecule has 1 aliphatic carbocycles. The van der Waals surface area contributed by atoms with E-state index in [1.165, 1.54) is 11.1 Å². The molecule has 1 aromatic rings. The van der Waals surface area contributed by atoms with Gasteiger partial charge in [-0.15, -0.1) is 0 Å². The lowest BCUT2D eigenvalue weighted by atomic mass is 9.82. The molecule has 1 aromatic carbocycles. The summed E-state index contributed by atoms with van der Waals surface area (Å²) < 4.78 is 0. The van der Waals surface area contributed by atoms with Crippen LogP contribution in [0, 0.1) is 6.92 Å². The number of nitrogens with two attached hydrogens (primary N) is 1. The van der Waals surface area contributed by atoms with Crippen molar-refractivity contribution in [2.24, 2.45) is 5.73 Å². The van der Waals surface area contributed by atoms with Crippen molar-refractivity contribution in [3.8, 4) is 0 Å². The van der Waals surface area contributed by atoms with Gasteiger partial charge in [0.2, 0.25) is 0 Å². The molecule has 1 aliphatic rings. The smallest absolute Gasteiger partial charge is 0.323 e. The highest BCUT2D eigenvalue weighted by atomic mass is 32.2. The summed E-state index contributed by atoms with van der Waals surface area (Å²) in [5.41, 5.74) is 7.59. The fourth-order valence-electron chi connectivity index (χ4n) is 2.57. The molecule has 104 valence electrons. The molecule has 1 saturated carbocycles. The summed E-state index contributed by atoms with van der Waals surface area (Å²) >= 11 is 1.84. The third kappa shape index (κ3) is 3.51. The Morgan fingerprint density at radius 2 is 2.26 bits per heavy atom. The van der Waals surface area contributed by atoms with Gasteiger partial charge in [-0.2, -0.15) is 11.8 Å². The lowest BCUT2D eigenvalue weighted by Gasteiger charge is -2.34. The van der Waals surface area contributed by atoms with E-state index in [9.17, 15) is 9.90 Å². The first-order valence-electron chi connectivity index (χ1n) is 6.70. The molecule has 2 atom stereocenters. The Bertz CT molecular complexity index is 463. The number of thioether (sulfide) groups is 1. The van der Waals surface area contributed by atoms with Crippen LogP contribution in [0.4, 0.5) is 0 Å². The average Bonchev–Trinajstić information content (AvgIpc) is 2.38. The van der Waals surface area contributed by atoms with Crippen LogP contribution in [0.5, 0.6) is 0 Å². The van der Waals surface area contributed by atoms with E-state index in [2.05, 4.69) is 19.1 Å². The Kier molecular flexibility index (Phi) is 4.53. The Morgan fingerprint density at radius 1 is 1.53 bits per heavy atom. The highest BCUT2D eigenvalue weighted by Gasteiger charge is 2.39. The van der Waals surface area contributed by atoms with E-state index in [0.29, 0.717) is 18.1 Å². The van der Waals surface area contributed by atoms with Crippen LogP contribution < -0.4 is 5.73 Å². The summed E-state index contributed by atoms with van der Waals surface area (Å²) in [5, 5.41) is 9.57. The van der Waals surface area contributed by atoms with Gasteiger partial charge in [0, 0.05) is 11.0 Å². The Morgan fingerprint density at radius 3 is 2.95 bits per heavy atom. The average molecular weight is 279 g/mol. The zero-order valence-electron chi connectivity index (χ0n) is 11.3. The van der Waals surface area contributed by atoms with Crippen LogP contribution >= 0.6 is 11.8 Å². The summed E-state index contributed by atoms with van der Waals surface area (Å²) in [6, 6.07) is 8.34. The highest BCUT2D eigenvalue weighted by molar-refractivity contribution is 7.99. The van der Waals surface area contributed by atoms with E-state index in [1.807, 2.05) is 23.9 Å². The molecule has 2 rings (SSSR count). The second-order valence-corrected chi connectivity index (χ2v) is 6.71. The van der Waals surface area contributed by atoms with Gasteiger partial charge in [0.05, 0.1) is 0 Å². The Balaban J connectivity index is 1.93. The minimum absolute atomic E-state index is 0.356. The van der Waals surface area contributed by atoms with Gasteiger partial charge in [-0.25, -0.2) is 0 Å². The van der Waals surface area contributed by atoms with Crippen molar-refractivity contribution >= 4 is 17.7 Å². The quantitative estimate of drug-likeness (QED) is 0.889. The van der Waals surface area contributed by atoms with Crippen LogP contribution in [-0.4, -0.2) is 21.9 Å². The molecule has 0 amide bonds. The van der Waals surface area contributed by atoms with Crippen molar-refractivity contribution in [2.75, 3.05) is 0 Å². The van der Waals surface area contributed by atoms with Crippen LogP contribution in [-0.2, 0) is 10.5 Å². The van der Waals surface area contributed by atoms with Crippen LogP contribution in [0.15, 0.2) is 24.3 Å². The molecule has 0 saturated heterocycles. The molecule has 4 heteroatoms. The second-order valence-electron chi connectivity index (χ2n) is 5.42. The first kappa shape index (κ1) is 14.4. The summed E-state index contributed by atoms with van der Waals surface area (Å²) in [5.74, 6) is 0.0845. The van der Waals surface area contributed by atoms with Crippen molar-refractivity contribution in [3.63, 3.8) is 0 Å². The van der Waals surface area contributed by atoms with Gasteiger partial charge in [-0.3, -0.25) is 4.79 Å². The van der Waals surface area contributed by atoms with E-state index < -0.39 is 11.5 Å². The largest absolute Gasteiger partial charge is 0.480 e. The SMILES string of the molecule is Cc1ccccc1CSC1CCCC(N)(C(=O)O)C1.